The smallest absolute Gasteiger partial charge is 0.118 e. The fraction of sp³-hybridized carbons (Fsp3) is 0.375. The summed E-state index contributed by atoms with van der Waals surface area (Å²) in [5.41, 5.74) is 2.47. The molecule has 1 heterocycles. The molecule has 0 bridgehead atoms. The normalized spacial score (nSPS) is 10.7. The van der Waals surface area contributed by atoms with Crippen LogP contribution in [0, 0.1) is 6.92 Å². The molecule has 3 nitrogen and oxygen atoms in total. The molecule has 0 spiro atoms. The van der Waals surface area contributed by atoms with Gasteiger partial charge in [-0.3, -0.25) is 0 Å². The number of nitrogens with one attached hydrogen (secondary N) is 1. The summed E-state index contributed by atoms with van der Waals surface area (Å²) in [5, 5.41) is 3.28. The monoisotopic (exact) mass is 258 g/mol. The van der Waals surface area contributed by atoms with E-state index in [1.54, 1.807) is 0 Å². The molecule has 0 unspecified atom stereocenters. The van der Waals surface area contributed by atoms with Crippen molar-refractivity contribution in [3.8, 4) is 0 Å². The Balaban J connectivity index is 2.04. The third kappa shape index (κ3) is 3.61. The first-order valence-corrected chi connectivity index (χ1v) is 6.75. The number of aryl methyl sites for hydroxylation is 1. The van der Waals surface area contributed by atoms with Crippen LogP contribution in [0.4, 0.5) is 5.69 Å². The lowest BCUT2D eigenvalue weighted by molar-refractivity contribution is 0.463. The van der Waals surface area contributed by atoms with Gasteiger partial charge in [0.15, 0.2) is 0 Å². The number of hydrogen-bond acceptors (Lipinski definition) is 3. The summed E-state index contributed by atoms with van der Waals surface area (Å²) in [6.45, 7) is 6.75. The van der Waals surface area contributed by atoms with Crippen molar-refractivity contribution in [3.05, 3.63) is 53.5 Å². The van der Waals surface area contributed by atoms with Crippen LogP contribution >= 0.6 is 0 Å². The molecule has 0 radical (unpaired) electrons. The van der Waals surface area contributed by atoms with E-state index in [0.29, 0.717) is 0 Å². The highest BCUT2D eigenvalue weighted by Gasteiger charge is 2.09. The van der Waals surface area contributed by atoms with Crippen LogP contribution in [0.1, 0.15) is 24.0 Å². The number of nitrogens with zero attached hydrogens (tertiary/aromatic N) is 1. The molecule has 2 aromatic rings. The number of hydrogen-bond donors (Lipinski definition) is 1. The van der Waals surface area contributed by atoms with E-state index in [-0.39, 0.29) is 0 Å². The van der Waals surface area contributed by atoms with Gasteiger partial charge >= 0.3 is 0 Å². The van der Waals surface area contributed by atoms with Crippen molar-refractivity contribution in [2.45, 2.75) is 26.9 Å². The third-order valence-corrected chi connectivity index (χ3v) is 3.23. The highest BCUT2D eigenvalue weighted by molar-refractivity contribution is 5.46. The summed E-state index contributed by atoms with van der Waals surface area (Å²) >= 11 is 0. The van der Waals surface area contributed by atoms with Gasteiger partial charge in [-0.15, -0.1) is 0 Å². The quantitative estimate of drug-likeness (QED) is 0.861. The highest BCUT2D eigenvalue weighted by atomic mass is 16.3. The molecule has 1 aromatic heterocycles. The zero-order chi connectivity index (χ0) is 13.7. The van der Waals surface area contributed by atoms with E-state index in [2.05, 4.69) is 54.5 Å². The van der Waals surface area contributed by atoms with Gasteiger partial charge in [0.1, 0.15) is 11.5 Å². The number of furan rings is 1. The molecule has 0 saturated carbocycles. The summed E-state index contributed by atoms with van der Waals surface area (Å²) in [4.78, 5) is 2.23. The van der Waals surface area contributed by atoms with Gasteiger partial charge in [0.25, 0.3) is 0 Å². The summed E-state index contributed by atoms with van der Waals surface area (Å²) in [6, 6.07) is 12.5. The topological polar surface area (TPSA) is 28.4 Å². The van der Waals surface area contributed by atoms with Crippen molar-refractivity contribution in [2.24, 2.45) is 0 Å². The lowest BCUT2D eigenvalue weighted by Gasteiger charge is -2.18. The average Bonchev–Trinajstić information content (AvgIpc) is 2.78. The maximum absolute atomic E-state index is 5.76. The second kappa shape index (κ2) is 6.43. The lowest BCUT2D eigenvalue weighted by atomic mass is 10.2. The van der Waals surface area contributed by atoms with Crippen LogP contribution in [0.2, 0.25) is 0 Å². The molecule has 0 saturated heterocycles. The zero-order valence-corrected chi connectivity index (χ0v) is 11.9. The summed E-state index contributed by atoms with van der Waals surface area (Å²) < 4.78 is 5.76. The Kier molecular flexibility index (Phi) is 4.63. The van der Waals surface area contributed by atoms with Crippen molar-refractivity contribution >= 4 is 5.69 Å². The van der Waals surface area contributed by atoms with E-state index in [4.69, 9.17) is 4.42 Å². The average molecular weight is 258 g/mol. The number of rotatable bonds is 6. The van der Waals surface area contributed by atoms with Gasteiger partial charge in [-0.1, -0.05) is 25.1 Å². The van der Waals surface area contributed by atoms with Crippen molar-refractivity contribution in [3.63, 3.8) is 0 Å². The molecular formula is C16H22N2O. The fourth-order valence-electron chi connectivity index (χ4n) is 2.11. The maximum Gasteiger partial charge on any atom is 0.118 e. The standard InChI is InChI=1S/C16H22N2O/c1-4-17-11-16-10-14(13(2)19-16)12-18(3)15-8-6-5-7-9-15/h5-10,17H,4,11-12H2,1-3H3. The van der Waals surface area contributed by atoms with E-state index in [9.17, 15) is 0 Å². The van der Waals surface area contributed by atoms with Gasteiger partial charge in [0.05, 0.1) is 6.54 Å². The van der Waals surface area contributed by atoms with Crippen LogP contribution in [0.5, 0.6) is 0 Å². The molecule has 3 heteroatoms. The Morgan fingerprint density at radius 3 is 2.63 bits per heavy atom. The minimum absolute atomic E-state index is 0.798. The van der Waals surface area contributed by atoms with Crippen LogP contribution in [0.15, 0.2) is 40.8 Å². The molecule has 0 aliphatic heterocycles. The maximum atomic E-state index is 5.76. The van der Waals surface area contributed by atoms with E-state index in [1.807, 2.05) is 13.0 Å². The van der Waals surface area contributed by atoms with Crippen LogP contribution in [-0.4, -0.2) is 13.6 Å². The molecule has 102 valence electrons. The molecule has 1 N–H and O–H groups in total. The van der Waals surface area contributed by atoms with Crippen molar-refractivity contribution in [2.75, 3.05) is 18.5 Å². The Bertz CT molecular complexity index is 505. The highest BCUT2D eigenvalue weighted by Crippen LogP contribution is 2.19. The number of para-hydroxylation sites is 1. The molecule has 0 aliphatic carbocycles. The van der Waals surface area contributed by atoms with E-state index in [0.717, 1.165) is 31.2 Å². The molecule has 0 atom stereocenters. The van der Waals surface area contributed by atoms with Crippen LogP contribution in [-0.2, 0) is 13.1 Å². The molecule has 0 aliphatic rings. The van der Waals surface area contributed by atoms with Crippen molar-refractivity contribution in [1.82, 2.24) is 5.32 Å². The van der Waals surface area contributed by atoms with Crippen LogP contribution < -0.4 is 10.2 Å². The Hall–Kier alpha value is -1.74. The Morgan fingerprint density at radius 2 is 1.95 bits per heavy atom. The van der Waals surface area contributed by atoms with Gasteiger partial charge < -0.3 is 14.6 Å². The Morgan fingerprint density at radius 1 is 1.21 bits per heavy atom. The van der Waals surface area contributed by atoms with Gasteiger partial charge in [0.2, 0.25) is 0 Å². The number of anilines is 1. The van der Waals surface area contributed by atoms with Gasteiger partial charge in [-0.05, 0) is 31.7 Å². The lowest BCUT2D eigenvalue weighted by Crippen LogP contribution is -2.16. The molecule has 2 rings (SSSR count). The summed E-state index contributed by atoms with van der Waals surface area (Å²) in [5.74, 6) is 2.02. The minimum Gasteiger partial charge on any atom is -0.465 e. The third-order valence-electron chi connectivity index (χ3n) is 3.23. The number of benzene rings is 1. The fourth-order valence-corrected chi connectivity index (χ4v) is 2.11. The second-order valence-corrected chi connectivity index (χ2v) is 4.77. The SMILES string of the molecule is CCNCc1cc(CN(C)c2ccccc2)c(C)o1. The molecule has 19 heavy (non-hydrogen) atoms. The van der Waals surface area contributed by atoms with Crippen molar-refractivity contribution in [1.29, 1.82) is 0 Å². The first-order valence-electron chi connectivity index (χ1n) is 6.75. The molecular weight excluding hydrogens is 236 g/mol. The van der Waals surface area contributed by atoms with Crippen LogP contribution in [0.25, 0.3) is 0 Å². The Labute approximate surface area is 115 Å². The minimum atomic E-state index is 0.798. The molecule has 1 aromatic carbocycles. The summed E-state index contributed by atoms with van der Waals surface area (Å²) in [7, 11) is 2.10. The van der Waals surface area contributed by atoms with Crippen LogP contribution in [0.3, 0.4) is 0 Å². The predicted molar refractivity (Wildman–Crippen MR) is 79.4 cm³/mol. The van der Waals surface area contributed by atoms with E-state index < -0.39 is 0 Å². The van der Waals surface area contributed by atoms with E-state index in [1.165, 1.54) is 11.3 Å². The molecule has 0 amide bonds. The second-order valence-electron chi connectivity index (χ2n) is 4.77. The van der Waals surface area contributed by atoms with Gasteiger partial charge in [-0.25, -0.2) is 0 Å². The predicted octanol–water partition coefficient (Wildman–Crippen LogP) is 3.33. The first kappa shape index (κ1) is 13.7. The van der Waals surface area contributed by atoms with E-state index >= 15 is 0 Å². The molecule has 0 fully saturated rings. The van der Waals surface area contributed by atoms with Crippen molar-refractivity contribution < 1.29 is 4.42 Å². The zero-order valence-electron chi connectivity index (χ0n) is 11.9. The summed E-state index contributed by atoms with van der Waals surface area (Å²) in [6.07, 6.45) is 0. The first-order chi connectivity index (χ1) is 9.20. The van der Waals surface area contributed by atoms with Gasteiger partial charge in [0, 0.05) is 24.8 Å². The largest absolute Gasteiger partial charge is 0.465 e. The van der Waals surface area contributed by atoms with Gasteiger partial charge in [-0.2, -0.15) is 0 Å².